The molecule has 29 heavy (non-hydrogen) atoms. The minimum atomic E-state index is -0.624. The molecule has 1 aliphatic heterocycles. The number of carbonyl (C=O) groups excluding carboxylic acids is 1. The number of aromatic nitrogens is 2. The lowest BCUT2D eigenvalue weighted by Crippen LogP contribution is -2.41. The number of hydrogen-bond donors (Lipinski definition) is 2. The van der Waals surface area contributed by atoms with Crippen LogP contribution in [0.1, 0.15) is 48.0 Å². The molecule has 1 aromatic heterocycles. The Bertz CT molecular complexity index is 1070. The first-order chi connectivity index (χ1) is 14.1. The van der Waals surface area contributed by atoms with Crippen molar-refractivity contribution in [3.05, 3.63) is 68.0 Å². The van der Waals surface area contributed by atoms with E-state index in [9.17, 15) is 14.4 Å². The number of H-pyrrole nitrogens is 1. The van der Waals surface area contributed by atoms with E-state index in [1.54, 1.807) is 18.2 Å². The summed E-state index contributed by atoms with van der Waals surface area (Å²) in [5.41, 5.74) is 0.766. The van der Waals surface area contributed by atoms with E-state index in [0.717, 1.165) is 23.8 Å². The maximum Gasteiger partial charge on any atom is 0.328 e. The van der Waals surface area contributed by atoms with Gasteiger partial charge in [0.05, 0.1) is 6.54 Å². The molecule has 1 aromatic carbocycles. The molecular formula is C21H23N3O5. The van der Waals surface area contributed by atoms with Gasteiger partial charge in [-0.25, -0.2) is 4.79 Å². The zero-order chi connectivity index (χ0) is 20.2. The van der Waals surface area contributed by atoms with Crippen LogP contribution >= 0.6 is 0 Å². The maximum atomic E-state index is 12.7. The Morgan fingerprint density at radius 1 is 1.17 bits per heavy atom. The van der Waals surface area contributed by atoms with E-state index in [-0.39, 0.29) is 18.9 Å². The molecule has 0 saturated heterocycles. The Hall–Kier alpha value is -3.29. The highest BCUT2D eigenvalue weighted by molar-refractivity contribution is 5.93. The van der Waals surface area contributed by atoms with E-state index >= 15 is 0 Å². The monoisotopic (exact) mass is 397 g/mol. The first-order valence-electron chi connectivity index (χ1n) is 9.79. The summed E-state index contributed by atoms with van der Waals surface area (Å²) in [5.74, 6) is 0.705. The average Bonchev–Trinajstić information content (AvgIpc) is 3.20. The van der Waals surface area contributed by atoms with Crippen LogP contribution in [-0.4, -0.2) is 28.8 Å². The van der Waals surface area contributed by atoms with Crippen LogP contribution in [0.3, 0.4) is 0 Å². The highest BCUT2D eigenvalue weighted by Gasteiger charge is 2.17. The zero-order valence-electron chi connectivity index (χ0n) is 16.0. The molecule has 2 aromatic rings. The Balaban J connectivity index is 1.47. The summed E-state index contributed by atoms with van der Waals surface area (Å²) in [6, 6.07) is 5.20. The molecule has 8 heteroatoms. The molecule has 1 amide bonds. The largest absolute Gasteiger partial charge is 0.454 e. The van der Waals surface area contributed by atoms with Gasteiger partial charge in [-0.05, 0) is 49.8 Å². The summed E-state index contributed by atoms with van der Waals surface area (Å²) in [6.07, 6.45) is 8.75. The Morgan fingerprint density at radius 2 is 2.03 bits per heavy atom. The molecule has 1 aliphatic carbocycles. The van der Waals surface area contributed by atoms with Crippen molar-refractivity contribution in [3.63, 3.8) is 0 Å². The van der Waals surface area contributed by atoms with Crippen LogP contribution in [0.25, 0.3) is 0 Å². The van der Waals surface area contributed by atoms with Crippen LogP contribution in [0.15, 0.2) is 45.6 Å². The van der Waals surface area contributed by atoms with Crippen LogP contribution in [-0.2, 0) is 6.54 Å². The third kappa shape index (κ3) is 4.26. The van der Waals surface area contributed by atoms with Crippen LogP contribution in [0.2, 0.25) is 0 Å². The second kappa shape index (κ2) is 8.38. The molecule has 0 saturated carbocycles. The van der Waals surface area contributed by atoms with Gasteiger partial charge in [-0.1, -0.05) is 17.7 Å². The number of amides is 1. The smallest absolute Gasteiger partial charge is 0.328 e. The average molecular weight is 397 g/mol. The van der Waals surface area contributed by atoms with Gasteiger partial charge < -0.3 is 19.8 Å². The highest BCUT2D eigenvalue weighted by Crippen LogP contribution is 2.32. The number of allylic oxidation sites excluding steroid dienone is 1. The molecule has 0 bridgehead atoms. The van der Waals surface area contributed by atoms with E-state index in [4.69, 9.17) is 9.47 Å². The number of ether oxygens (including phenoxy) is 2. The van der Waals surface area contributed by atoms with Crippen molar-refractivity contribution in [2.24, 2.45) is 0 Å². The second-order valence-corrected chi connectivity index (χ2v) is 7.20. The molecule has 0 unspecified atom stereocenters. The number of aromatic amines is 1. The standard InChI is InChI=1S/C21H23N3O5/c25-19(22-9-8-14-4-2-1-3-5-14)16-11-23-21(27)24(20(16)26)12-15-6-7-17-18(10-15)29-13-28-17/h4,6-7,10-11H,1-3,5,8-9,12-13H2,(H,22,25)(H,23,27). The molecule has 0 atom stereocenters. The maximum absolute atomic E-state index is 12.7. The van der Waals surface area contributed by atoms with Gasteiger partial charge in [0.1, 0.15) is 5.56 Å². The number of nitrogens with zero attached hydrogens (tertiary/aromatic N) is 1. The van der Waals surface area contributed by atoms with E-state index < -0.39 is 17.2 Å². The number of hydrogen-bond acceptors (Lipinski definition) is 5. The van der Waals surface area contributed by atoms with Crippen LogP contribution in [0.5, 0.6) is 11.5 Å². The third-order valence-corrected chi connectivity index (χ3v) is 5.20. The summed E-state index contributed by atoms with van der Waals surface area (Å²) >= 11 is 0. The van der Waals surface area contributed by atoms with Gasteiger partial charge in [0.25, 0.3) is 11.5 Å². The molecule has 152 valence electrons. The molecule has 8 nitrogen and oxygen atoms in total. The second-order valence-electron chi connectivity index (χ2n) is 7.20. The van der Waals surface area contributed by atoms with E-state index in [1.165, 1.54) is 24.6 Å². The lowest BCUT2D eigenvalue weighted by Gasteiger charge is -2.13. The quantitative estimate of drug-likeness (QED) is 0.725. The van der Waals surface area contributed by atoms with Gasteiger partial charge in [0.2, 0.25) is 6.79 Å². The van der Waals surface area contributed by atoms with Gasteiger partial charge >= 0.3 is 5.69 Å². The fourth-order valence-corrected chi connectivity index (χ4v) is 3.60. The van der Waals surface area contributed by atoms with E-state index in [2.05, 4.69) is 16.4 Å². The number of nitrogens with one attached hydrogen (secondary N) is 2. The molecular weight excluding hydrogens is 374 g/mol. The topological polar surface area (TPSA) is 102 Å². The van der Waals surface area contributed by atoms with E-state index in [0.29, 0.717) is 23.6 Å². The summed E-state index contributed by atoms with van der Waals surface area (Å²) in [7, 11) is 0. The van der Waals surface area contributed by atoms with Crippen molar-refractivity contribution in [2.45, 2.75) is 38.6 Å². The van der Waals surface area contributed by atoms with Gasteiger partial charge in [0, 0.05) is 12.7 Å². The normalized spacial score (nSPS) is 15.1. The fourth-order valence-electron chi connectivity index (χ4n) is 3.60. The van der Waals surface area contributed by atoms with Gasteiger partial charge in [0.15, 0.2) is 11.5 Å². The summed E-state index contributed by atoms with van der Waals surface area (Å²) in [6.45, 7) is 0.635. The Kier molecular flexibility index (Phi) is 5.50. The van der Waals surface area contributed by atoms with E-state index in [1.807, 2.05) is 0 Å². The van der Waals surface area contributed by atoms with Crippen molar-refractivity contribution >= 4 is 5.91 Å². The summed E-state index contributed by atoms with van der Waals surface area (Å²) < 4.78 is 11.6. The lowest BCUT2D eigenvalue weighted by molar-refractivity contribution is 0.0951. The minimum Gasteiger partial charge on any atom is -0.454 e. The van der Waals surface area contributed by atoms with Crippen molar-refractivity contribution in [1.29, 1.82) is 0 Å². The molecule has 0 radical (unpaired) electrons. The zero-order valence-corrected chi connectivity index (χ0v) is 16.0. The van der Waals surface area contributed by atoms with Gasteiger partial charge in [-0.15, -0.1) is 0 Å². The van der Waals surface area contributed by atoms with Crippen molar-refractivity contribution < 1.29 is 14.3 Å². The molecule has 4 rings (SSSR count). The SMILES string of the molecule is O=C(NCCC1=CCCCC1)c1c[nH]c(=O)n(Cc2ccc3c(c2)OCO3)c1=O. The number of benzene rings is 1. The molecule has 2 aliphatic rings. The molecule has 0 fully saturated rings. The fraction of sp³-hybridized carbons (Fsp3) is 0.381. The van der Waals surface area contributed by atoms with Crippen molar-refractivity contribution in [3.8, 4) is 11.5 Å². The highest BCUT2D eigenvalue weighted by atomic mass is 16.7. The summed E-state index contributed by atoms with van der Waals surface area (Å²) in [5, 5.41) is 2.78. The third-order valence-electron chi connectivity index (χ3n) is 5.20. The number of fused-ring (bicyclic) bond motifs is 1. The van der Waals surface area contributed by atoms with Gasteiger partial charge in [-0.3, -0.25) is 14.2 Å². The Labute approximate surface area is 167 Å². The number of carbonyl (C=O) groups is 1. The first-order valence-corrected chi connectivity index (χ1v) is 9.79. The molecule has 2 N–H and O–H groups in total. The van der Waals surface area contributed by atoms with Crippen LogP contribution < -0.4 is 26.0 Å². The minimum absolute atomic E-state index is 0.0266. The van der Waals surface area contributed by atoms with Crippen LogP contribution in [0.4, 0.5) is 0 Å². The van der Waals surface area contributed by atoms with Crippen molar-refractivity contribution in [1.82, 2.24) is 14.9 Å². The first kappa shape index (κ1) is 19.0. The predicted molar refractivity (Wildman–Crippen MR) is 106 cm³/mol. The van der Waals surface area contributed by atoms with Crippen molar-refractivity contribution in [2.75, 3.05) is 13.3 Å². The van der Waals surface area contributed by atoms with Crippen LogP contribution in [0, 0.1) is 0 Å². The predicted octanol–water partition coefficient (Wildman–Crippen LogP) is 1.93. The molecule has 0 spiro atoms. The number of rotatable bonds is 6. The van der Waals surface area contributed by atoms with Gasteiger partial charge in [-0.2, -0.15) is 0 Å². The Morgan fingerprint density at radius 3 is 2.86 bits per heavy atom. The molecule has 2 heterocycles. The summed E-state index contributed by atoms with van der Waals surface area (Å²) in [4.78, 5) is 39.9. The lowest BCUT2D eigenvalue weighted by atomic mass is 9.97.